The molecule has 110 valence electrons. The van der Waals surface area contributed by atoms with Crippen molar-refractivity contribution in [1.82, 2.24) is 10.2 Å². The van der Waals surface area contributed by atoms with Crippen LogP contribution in [0.25, 0.3) is 0 Å². The Balaban J connectivity index is 2.62. The summed E-state index contributed by atoms with van der Waals surface area (Å²) < 4.78 is 5.59. The summed E-state index contributed by atoms with van der Waals surface area (Å²) in [7, 11) is 0. The van der Waals surface area contributed by atoms with E-state index in [0.717, 1.165) is 12.8 Å². The van der Waals surface area contributed by atoms with Gasteiger partial charge in [-0.1, -0.05) is 20.8 Å². The van der Waals surface area contributed by atoms with Gasteiger partial charge >= 0.3 is 12.0 Å². The van der Waals surface area contributed by atoms with Crippen molar-refractivity contribution in [2.24, 2.45) is 5.92 Å². The zero-order chi connectivity index (χ0) is 14.4. The van der Waals surface area contributed by atoms with E-state index in [2.05, 4.69) is 5.32 Å². The first-order valence-electron chi connectivity index (χ1n) is 6.85. The zero-order valence-electron chi connectivity index (χ0n) is 11.9. The van der Waals surface area contributed by atoms with Gasteiger partial charge in [-0.15, -0.1) is 0 Å². The van der Waals surface area contributed by atoms with Gasteiger partial charge in [0.05, 0.1) is 6.10 Å². The number of carboxylic acid groups (broad SMARTS) is 1. The Morgan fingerprint density at radius 2 is 2.16 bits per heavy atom. The fourth-order valence-corrected chi connectivity index (χ4v) is 2.06. The van der Waals surface area contributed by atoms with Crippen LogP contribution in [0.4, 0.5) is 4.79 Å². The molecule has 19 heavy (non-hydrogen) atoms. The quantitative estimate of drug-likeness (QED) is 0.808. The second kappa shape index (κ2) is 7.33. The molecule has 0 aliphatic carbocycles. The number of hydrogen-bond donors (Lipinski definition) is 2. The molecule has 2 amide bonds. The van der Waals surface area contributed by atoms with Gasteiger partial charge in [-0.2, -0.15) is 0 Å². The second-order valence-corrected chi connectivity index (χ2v) is 5.21. The van der Waals surface area contributed by atoms with Crippen LogP contribution in [0.5, 0.6) is 0 Å². The Hall–Kier alpha value is -1.30. The van der Waals surface area contributed by atoms with Crippen LogP contribution in [-0.2, 0) is 9.53 Å². The van der Waals surface area contributed by atoms with Gasteiger partial charge in [0.15, 0.2) is 0 Å². The Morgan fingerprint density at radius 3 is 2.68 bits per heavy atom. The van der Waals surface area contributed by atoms with Crippen molar-refractivity contribution in [1.29, 1.82) is 0 Å². The monoisotopic (exact) mass is 272 g/mol. The van der Waals surface area contributed by atoms with E-state index in [9.17, 15) is 9.59 Å². The average Bonchev–Trinajstić information content (AvgIpc) is 2.60. The molecule has 0 aromatic rings. The minimum Gasteiger partial charge on any atom is -0.480 e. The van der Waals surface area contributed by atoms with E-state index in [0.29, 0.717) is 19.7 Å². The number of aliphatic carboxylic acids is 1. The fourth-order valence-electron chi connectivity index (χ4n) is 2.06. The summed E-state index contributed by atoms with van der Waals surface area (Å²) in [5, 5.41) is 11.7. The van der Waals surface area contributed by atoms with Crippen LogP contribution in [0.2, 0.25) is 0 Å². The van der Waals surface area contributed by atoms with E-state index >= 15 is 0 Å². The van der Waals surface area contributed by atoms with E-state index in [1.165, 1.54) is 0 Å². The van der Waals surface area contributed by atoms with Gasteiger partial charge in [0, 0.05) is 19.7 Å². The number of urea groups is 1. The van der Waals surface area contributed by atoms with Crippen LogP contribution < -0.4 is 5.32 Å². The number of amides is 2. The summed E-state index contributed by atoms with van der Waals surface area (Å²) >= 11 is 0. The number of nitrogens with one attached hydrogen (secondary N) is 1. The van der Waals surface area contributed by atoms with E-state index in [1.807, 2.05) is 6.92 Å². The maximum absolute atomic E-state index is 12.1. The fraction of sp³-hybridized carbons (Fsp3) is 0.846. The Bertz CT molecular complexity index is 320. The average molecular weight is 272 g/mol. The lowest BCUT2D eigenvalue weighted by Crippen LogP contribution is -2.51. The van der Waals surface area contributed by atoms with Crippen LogP contribution in [0.3, 0.4) is 0 Å². The lowest BCUT2D eigenvalue weighted by atomic mass is 10.1. The molecular weight excluding hydrogens is 248 g/mol. The van der Waals surface area contributed by atoms with Crippen molar-refractivity contribution in [2.75, 3.05) is 19.7 Å². The van der Waals surface area contributed by atoms with Gasteiger partial charge < -0.3 is 20.1 Å². The number of carboxylic acids is 1. The first-order valence-corrected chi connectivity index (χ1v) is 6.85. The lowest BCUT2D eigenvalue weighted by Gasteiger charge is -2.26. The van der Waals surface area contributed by atoms with Crippen LogP contribution in [0.1, 0.15) is 33.6 Å². The largest absolute Gasteiger partial charge is 0.480 e. The predicted octanol–water partition coefficient (Wildman–Crippen LogP) is 1.31. The highest BCUT2D eigenvalue weighted by Gasteiger charge is 2.27. The van der Waals surface area contributed by atoms with Gasteiger partial charge in [-0.25, -0.2) is 9.59 Å². The summed E-state index contributed by atoms with van der Waals surface area (Å²) in [4.78, 5) is 24.9. The van der Waals surface area contributed by atoms with Gasteiger partial charge in [-0.3, -0.25) is 0 Å². The zero-order valence-corrected chi connectivity index (χ0v) is 11.9. The molecule has 0 radical (unpaired) electrons. The molecule has 1 aliphatic rings. The first kappa shape index (κ1) is 15.8. The van der Waals surface area contributed by atoms with Crippen LogP contribution in [0, 0.1) is 5.92 Å². The van der Waals surface area contributed by atoms with Crippen molar-refractivity contribution < 1.29 is 19.4 Å². The van der Waals surface area contributed by atoms with E-state index in [1.54, 1.807) is 18.7 Å². The van der Waals surface area contributed by atoms with Crippen LogP contribution in [0.15, 0.2) is 0 Å². The number of hydrogen-bond acceptors (Lipinski definition) is 3. The number of nitrogens with zero attached hydrogens (tertiary/aromatic N) is 1. The van der Waals surface area contributed by atoms with Gasteiger partial charge in [-0.05, 0) is 18.8 Å². The molecule has 1 rings (SSSR count). The van der Waals surface area contributed by atoms with E-state index in [4.69, 9.17) is 9.84 Å². The highest BCUT2D eigenvalue weighted by Crippen LogP contribution is 2.10. The number of carbonyl (C=O) groups excluding carboxylic acids is 1. The molecule has 0 saturated carbocycles. The molecule has 0 spiro atoms. The molecule has 6 nitrogen and oxygen atoms in total. The summed E-state index contributed by atoms with van der Waals surface area (Å²) in [5.41, 5.74) is 0. The standard InChI is InChI=1S/C13H24N2O4/c1-4-10-8-15(6-5-7-19-10)13(18)14-11(9(2)3)12(16)17/h9-11H,4-8H2,1-3H3,(H,14,18)(H,16,17). The topological polar surface area (TPSA) is 78.9 Å². The van der Waals surface area contributed by atoms with E-state index in [-0.39, 0.29) is 18.1 Å². The molecule has 1 saturated heterocycles. The number of carbonyl (C=O) groups is 2. The SMILES string of the molecule is CCC1CN(C(=O)NC(C(=O)O)C(C)C)CCCO1. The first-order chi connectivity index (χ1) is 8.95. The second-order valence-electron chi connectivity index (χ2n) is 5.21. The lowest BCUT2D eigenvalue weighted by molar-refractivity contribution is -0.140. The highest BCUT2D eigenvalue weighted by molar-refractivity contribution is 5.82. The molecule has 2 unspecified atom stereocenters. The van der Waals surface area contributed by atoms with Crippen molar-refractivity contribution in [3.63, 3.8) is 0 Å². The predicted molar refractivity (Wildman–Crippen MR) is 71.0 cm³/mol. The van der Waals surface area contributed by atoms with Crippen molar-refractivity contribution in [3.8, 4) is 0 Å². The smallest absolute Gasteiger partial charge is 0.326 e. The van der Waals surface area contributed by atoms with Crippen LogP contribution in [-0.4, -0.2) is 53.8 Å². The third-order valence-corrected chi connectivity index (χ3v) is 3.30. The summed E-state index contributed by atoms with van der Waals surface area (Å²) in [6.45, 7) is 7.34. The molecule has 0 aromatic heterocycles. The van der Waals surface area contributed by atoms with Gasteiger partial charge in [0.1, 0.15) is 6.04 Å². The Kier molecular flexibility index (Phi) is 6.08. The third-order valence-electron chi connectivity index (χ3n) is 3.30. The molecule has 1 fully saturated rings. The summed E-state index contributed by atoms with van der Waals surface area (Å²) in [5.74, 6) is -1.15. The number of ether oxygens (including phenoxy) is 1. The molecule has 2 N–H and O–H groups in total. The molecule has 2 atom stereocenters. The van der Waals surface area contributed by atoms with Crippen molar-refractivity contribution in [3.05, 3.63) is 0 Å². The Morgan fingerprint density at radius 1 is 1.47 bits per heavy atom. The van der Waals surface area contributed by atoms with Crippen LogP contribution >= 0.6 is 0 Å². The van der Waals surface area contributed by atoms with Crippen molar-refractivity contribution in [2.45, 2.75) is 45.8 Å². The molecule has 1 aliphatic heterocycles. The summed E-state index contributed by atoms with van der Waals surface area (Å²) in [6, 6.07) is -1.17. The number of rotatable bonds is 4. The van der Waals surface area contributed by atoms with Gasteiger partial charge in [0.2, 0.25) is 0 Å². The Labute approximate surface area is 114 Å². The summed E-state index contributed by atoms with van der Waals surface area (Å²) in [6.07, 6.45) is 1.66. The molecule has 0 bridgehead atoms. The molecule has 6 heteroatoms. The minimum absolute atomic E-state index is 0.0376. The maximum Gasteiger partial charge on any atom is 0.326 e. The maximum atomic E-state index is 12.1. The minimum atomic E-state index is -0.999. The van der Waals surface area contributed by atoms with Crippen molar-refractivity contribution >= 4 is 12.0 Å². The van der Waals surface area contributed by atoms with Gasteiger partial charge in [0.25, 0.3) is 0 Å². The highest BCUT2D eigenvalue weighted by atomic mass is 16.5. The molecule has 1 heterocycles. The molecule has 0 aromatic carbocycles. The molecular formula is C13H24N2O4. The third kappa shape index (κ3) is 4.70. The normalized spacial score (nSPS) is 21.9. The van der Waals surface area contributed by atoms with E-state index < -0.39 is 12.0 Å².